The molecule has 3 aromatic rings. The number of hydrogen-bond acceptors (Lipinski definition) is 7. The third-order valence-corrected chi connectivity index (χ3v) is 7.94. The van der Waals surface area contributed by atoms with E-state index in [1.807, 2.05) is 5.38 Å². The SMILES string of the molecule is COc1ccc(S(=O)(=O)[C@H](CNC(=O)c2ccc3c(c2)OCO3)c2cccs2)cc1. The second-order valence-electron chi connectivity index (χ2n) is 6.50. The van der Waals surface area contributed by atoms with Crippen molar-refractivity contribution in [2.75, 3.05) is 20.4 Å². The van der Waals surface area contributed by atoms with Gasteiger partial charge in [0.1, 0.15) is 11.0 Å². The fraction of sp³-hybridized carbons (Fsp3) is 0.190. The lowest BCUT2D eigenvalue weighted by Gasteiger charge is -2.18. The van der Waals surface area contributed by atoms with E-state index < -0.39 is 15.1 Å². The van der Waals surface area contributed by atoms with Gasteiger partial charge < -0.3 is 19.5 Å². The lowest BCUT2D eigenvalue weighted by molar-refractivity contribution is 0.0953. The van der Waals surface area contributed by atoms with Gasteiger partial charge in [-0.2, -0.15) is 0 Å². The molecule has 0 fully saturated rings. The summed E-state index contributed by atoms with van der Waals surface area (Å²) in [4.78, 5) is 13.5. The Morgan fingerprint density at radius 3 is 2.60 bits per heavy atom. The number of fused-ring (bicyclic) bond motifs is 1. The fourth-order valence-corrected chi connectivity index (χ4v) is 5.88. The van der Waals surface area contributed by atoms with Crippen LogP contribution < -0.4 is 19.5 Å². The number of ether oxygens (including phenoxy) is 3. The molecule has 4 rings (SSSR count). The van der Waals surface area contributed by atoms with Crippen LogP contribution >= 0.6 is 11.3 Å². The molecule has 156 valence electrons. The van der Waals surface area contributed by atoms with Crippen molar-refractivity contribution in [2.45, 2.75) is 10.1 Å². The molecule has 1 aromatic heterocycles. The highest BCUT2D eigenvalue weighted by Gasteiger charge is 2.31. The zero-order valence-electron chi connectivity index (χ0n) is 16.0. The molecule has 1 amide bonds. The predicted octanol–water partition coefficient (Wildman–Crippen LogP) is 3.43. The molecule has 0 spiro atoms. The topological polar surface area (TPSA) is 90.9 Å². The van der Waals surface area contributed by atoms with Crippen molar-refractivity contribution in [1.82, 2.24) is 5.32 Å². The maximum absolute atomic E-state index is 13.3. The Balaban J connectivity index is 1.56. The van der Waals surface area contributed by atoms with E-state index in [-0.39, 0.29) is 24.1 Å². The highest BCUT2D eigenvalue weighted by atomic mass is 32.2. The maximum Gasteiger partial charge on any atom is 0.251 e. The summed E-state index contributed by atoms with van der Waals surface area (Å²) in [5, 5.41) is 3.64. The molecular weight excluding hydrogens is 426 g/mol. The molecule has 0 unspecified atom stereocenters. The number of benzene rings is 2. The molecule has 30 heavy (non-hydrogen) atoms. The van der Waals surface area contributed by atoms with Gasteiger partial charge in [-0.25, -0.2) is 8.42 Å². The molecule has 1 aliphatic heterocycles. The van der Waals surface area contributed by atoms with Gasteiger partial charge in [0.2, 0.25) is 6.79 Å². The summed E-state index contributed by atoms with van der Waals surface area (Å²) in [6, 6.07) is 14.6. The normalized spacial score (nSPS) is 13.6. The molecule has 2 heterocycles. The van der Waals surface area contributed by atoms with Crippen LogP contribution in [0.4, 0.5) is 0 Å². The largest absolute Gasteiger partial charge is 0.497 e. The van der Waals surface area contributed by atoms with Crippen LogP contribution in [-0.4, -0.2) is 34.8 Å². The average Bonchev–Trinajstić information content (AvgIpc) is 3.45. The van der Waals surface area contributed by atoms with Gasteiger partial charge in [0.25, 0.3) is 5.91 Å². The molecule has 0 radical (unpaired) electrons. The number of thiophene rings is 1. The van der Waals surface area contributed by atoms with Gasteiger partial charge in [0.15, 0.2) is 21.3 Å². The van der Waals surface area contributed by atoms with E-state index >= 15 is 0 Å². The van der Waals surface area contributed by atoms with E-state index in [0.717, 1.165) is 0 Å². The highest BCUT2D eigenvalue weighted by molar-refractivity contribution is 7.91. The minimum absolute atomic E-state index is 0.0673. The highest BCUT2D eigenvalue weighted by Crippen LogP contribution is 2.34. The maximum atomic E-state index is 13.3. The summed E-state index contributed by atoms with van der Waals surface area (Å²) in [5.74, 6) is 1.24. The smallest absolute Gasteiger partial charge is 0.251 e. The number of methoxy groups -OCH3 is 1. The quantitative estimate of drug-likeness (QED) is 0.599. The van der Waals surface area contributed by atoms with Crippen LogP contribution in [0, 0.1) is 0 Å². The van der Waals surface area contributed by atoms with E-state index in [1.165, 1.54) is 30.6 Å². The van der Waals surface area contributed by atoms with Crippen molar-refractivity contribution in [3.63, 3.8) is 0 Å². The van der Waals surface area contributed by atoms with Crippen molar-refractivity contribution in [3.8, 4) is 17.2 Å². The molecular formula is C21H19NO6S2. The van der Waals surface area contributed by atoms with E-state index in [2.05, 4.69) is 5.32 Å². The van der Waals surface area contributed by atoms with Gasteiger partial charge in [-0.15, -0.1) is 11.3 Å². The second-order valence-corrected chi connectivity index (χ2v) is 9.61. The second kappa shape index (κ2) is 8.37. The number of sulfone groups is 1. The number of rotatable bonds is 7. The molecule has 1 N–H and O–H groups in total. The Kier molecular flexibility index (Phi) is 5.65. The first kappa shape index (κ1) is 20.2. The summed E-state index contributed by atoms with van der Waals surface area (Å²) in [6.45, 7) is 0.0448. The van der Waals surface area contributed by atoms with E-state index in [0.29, 0.717) is 27.7 Å². The first-order valence-electron chi connectivity index (χ1n) is 9.08. The van der Waals surface area contributed by atoms with Crippen LogP contribution in [0.15, 0.2) is 64.9 Å². The first-order chi connectivity index (χ1) is 14.5. The molecule has 0 saturated carbocycles. The van der Waals surface area contributed by atoms with Crippen molar-refractivity contribution in [1.29, 1.82) is 0 Å². The number of amides is 1. The summed E-state index contributed by atoms with van der Waals surface area (Å²) in [6.07, 6.45) is 0. The zero-order valence-corrected chi connectivity index (χ0v) is 17.7. The van der Waals surface area contributed by atoms with Crippen molar-refractivity contribution in [3.05, 3.63) is 70.4 Å². The summed E-state index contributed by atoms with van der Waals surface area (Å²) in [7, 11) is -2.22. The Hall–Kier alpha value is -3.04. The summed E-state index contributed by atoms with van der Waals surface area (Å²) < 4.78 is 42.3. The summed E-state index contributed by atoms with van der Waals surface area (Å²) in [5.41, 5.74) is 0.367. The first-order valence-corrected chi connectivity index (χ1v) is 11.5. The van der Waals surface area contributed by atoms with Crippen LogP contribution in [0.25, 0.3) is 0 Å². The number of nitrogens with one attached hydrogen (secondary N) is 1. The molecule has 0 aliphatic carbocycles. The molecule has 1 aliphatic rings. The van der Waals surface area contributed by atoms with Crippen LogP contribution in [0.2, 0.25) is 0 Å². The molecule has 7 nitrogen and oxygen atoms in total. The Morgan fingerprint density at radius 1 is 1.13 bits per heavy atom. The number of carbonyl (C=O) groups is 1. The molecule has 9 heteroatoms. The van der Waals surface area contributed by atoms with Gasteiger partial charge in [0, 0.05) is 17.0 Å². The fourth-order valence-electron chi connectivity index (χ4n) is 3.09. The van der Waals surface area contributed by atoms with Crippen LogP contribution in [-0.2, 0) is 9.84 Å². The molecule has 1 atom stereocenters. The lowest BCUT2D eigenvalue weighted by Crippen LogP contribution is -2.31. The van der Waals surface area contributed by atoms with Crippen LogP contribution in [0.5, 0.6) is 17.2 Å². The van der Waals surface area contributed by atoms with E-state index in [9.17, 15) is 13.2 Å². The van der Waals surface area contributed by atoms with Gasteiger partial charge in [-0.05, 0) is 53.9 Å². The lowest BCUT2D eigenvalue weighted by atomic mass is 10.2. The van der Waals surface area contributed by atoms with Crippen LogP contribution in [0.3, 0.4) is 0 Å². The van der Waals surface area contributed by atoms with Gasteiger partial charge in [-0.3, -0.25) is 4.79 Å². The Labute approximate surface area is 178 Å². The monoisotopic (exact) mass is 445 g/mol. The molecule has 0 bridgehead atoms. The molecule has 0 saturated heterocycles. The van der Waals surface area contributed by atoms with Crippen molar-refractivity contribution >= 4 is 27.1 Å². The Morgan fingerprint density at radius 2 is 1.90 bits per heavy atom. The molecule has 2 aromatic carbocycles. The van der Waals surface area contributed by atoms with Gasteiger partial charge in [-0.1, -0.05) is 6.07 Å². The number of carbonyl (C=O) groups excluding carboxylic acids is 1. The zero-order chi connectivity index (χ0) is 21.1. The average molecular weight is 446 g/mol. The standard InChI is InChI=1S/C21H19NO6S2/c1-26-15-5-7-16(8-6-15)30(24,25)20(19-3-2-10-29-19)12-22-21(23)14-4-9-17-18(11-14)28-13-27-17/h2-11,20H,12-13H2,1H3,(H,22,23)/t20-/m1/s1. The third kappa shape index (κ3) is 3.99. The summed E-state index contributed by atoms with van der Waals surface area (Å²) >= 11 is 1.33. The van der Waals surface area contributed by atoms with Crippen LogP contribution in [0.1, 0.15) is 20.5 Å². The van der Waals surface area contributed by atoms with Gasteiger partial charge >= 0.3 is 0 Å². The van der Waals surface area contributed by atoms with E-state index in [4.69, 9.17) is 14.2 Å². The number of hydrogen-bond donors (Lipinski definition) is 1. The van der Waals surface area contributed by atoms with Gasteiger partial charge in [0.05, 0.1) is 12.0 Å². The van der Waals surface area contributed by atoms with E-state index in [1.54, 1.807) is 42.5 Å². The minimum atomic E-state index is -3.74. The Bertz CT molecular complexity index is 1140. The minimum Gasteiger partial charge on any atom is -0.497 e. The van der Waals surface area contributed by atoms with Crippen molar-refractivity contribution in [2.24, 2.45) is 0 Å². The van der Waals surface area contributed by atoms with Crippen molar-refractivity contribution < 1.29 is 27.4 Å². The third-order valence-electron chi connectivity index (χ3n) is 4.71. The predicted molar refractivity (Wildman–Crippen MR) is 112 cm³/mol.